The van der Waals surface area contributed by atoms with E-state index in [9.17, 15) is 23.1 Å². The molecular weight excluding hydrogens is 286 g/mol. The Morgan fingerprint density at radius 1 is 1.30 bits per heavy atom. The van der Waals surface area contributed by atoms with Crippen molar-refractivity contribution in [2.24, 2.45) is 5.41 Å². The zero-order valence-electron chi connectivity index (χ0n) is 11.7. The van der Waals surface area contributed by atoms with Crippen molar-refractivity contribution in [3.05, 3.63) is 0 Å². The van der Waals surface area contributed by atoms with Crippen molar-refractivity contribution in [3.8, 4) is 0 Å². The molecule has 1 atom stereocenters. The van der Waals surface area contributed by atoms with Crippen LogP contribution in [-0.2, 0) is 19.4 Å². The second-order valence-corrected chi connectivity index (χ2v) is 7.63. The van der Waals surface area contributed by atoms with Gasteiger partial charge in [-0.2, -0.15) is 0 Å². The number of ether oxygens (including phenoxy) is 1. The summed E-state index contributed by atoms with van der Waals surface area (Å²) in [6, 6.07) is 0. The highest BCUT2D eigenvalue weighted by Gasteiger charge is 2.40. The van der Waals surface area contributed by atoms with Crippen molar-refractivity contribution >= 4 is 21.9 Å². The first-order valence-corrected chi connectivity index (χ1v) is 8.50. The highest BCUT2D eigenvalue weighted by molar-refractivity contribution is 7.91. The summed E-state index contributed by atoms with van der Waals surface area (Å²) in [5, 5.41) is 11.7. The summed E-state index contributed by atoms with van der Waals surface area (Å²) in [6.45, 7) is 1.21. The average molecular weight is 307 g/mol. The van der Waals surface area contributed by atoms with E-state index in [1.807, 2.05) is 0 Å². The number of carboxylic acids is 1. The Balaban J connectivity index is 2.56. The molecule has 1 rings (SSSR count). The highest BCUT2D eigenvalue weighted by atomic mass is 32.2. The van der Waals surface area contributed by atoms with E-state index in [1.165, 1.54) is 6.92 Å². The van der Waals surface area contributed by atoms with Crippen LogP contribution in [0.5, 0.6) is 0 Å². The van der Waals surface area contributed by atoms with E-state index in [0.717, 1.165) is 25.5 Å². The summed E-state index contributed by atoms with van der Waals surface area (Å²) in [5.41, 5.74) is -2.22. The monoisotopic (exact) mass is 307 g/mol. The number of aliphatic carboxylic acids is 1. The average Bonchev–Trinajstić information content (AvgIpc) is 2.36. The normalized spacial score (nSPS) is 19.9. The lowest BCUT2D eigenvalue weighted by molar-refractivity contribution is -0.150. The van der Waals surface area contributed by atoms with E-state index in [0.29, 0.717) is 12.8 Å². The predicted octanol–water partition coefficient (Wildman–Crippen LogP) is 1.14. The van der Waals surface area contributed by atoms with E-state index < -0.39 is 32.8 Å². The summed E-state index contributed by atoms with van der Waals surface area (Å²) < 4.78 is 27.0. The molecule has 1 amide bonds. The Labute approximate surface area is 118 Å². The number of hydrogen-bond acceptors (Lipinski definition) is 5. The Morgan fingerprint density at radius 2 is 1.85 bits per heavy atom. The van der Waals surface area contributed by atoms with Crippen LogP contribution >= 0.6 is 0 Å². The number of alkyl carbamates (subject to hydrolysis) is 1. The maximum absolute atomic E-state index is 11.5. The molecule has 0 aliphatic heterocycles. The molecule has 0 saturated heterocycles. The van der Waals surface area contributed by atoms with Crippen molar-refractivity contribution in [3.63, 3.8) is 0 Å². The molecule has 0 spiro atoms. The van der Waals surface area contributed by atoms with Gasteiger partial charge in [0.1, 0.15) is 0 Å². The third-order valence-electron chi connectivity index (χ3n) is 3.71. The van der Waals surface area contributed by atoms with Gasteiger partial charge in [0.25, 0.3) is 0 Å². The molecule has 1 aliphatic carbocycles. The number of carboxylic acid groups (broad SMARTS) is 1. The number of carbonyl (C=O) groups is 2. The highest BCUT2D eigenvalue weighted by Crippen LogP contribution is 2.36. The van der Waals surface area contributed by atoms with Crippen LogP contribution in [-0.4, -0.2) is 43.8 Å². The fourth-order valence-electron chi connectivity index (χ4n) is 2.22. The molecule has 0 radical (unpaired) electrons. The number of hydrogen-bond donors (Lipinski definition) is 2. The van der Waals surface area contributed by atoms with Gasteiger partial charge >= 0.3 is 12.1 Å². The molecule has 0 aromatic heterocycles. The van der Waals surface area contributed by atoms with Gasteiger partial charge < -0.3 is 15.2 Å². The molecule has 0 bridgehead atoms. The topological polar surface area (TPSA) is 110 Å². The minimum atomic E-state index is -3.47. The van der Waals surface area contributed by atoms with E-state index in [1.54, 1.807) is 0 Å². The molecule has 1 fully saturated rings. The van der Waals surface area contributed by atoms with Gasteiger partial charge in [-0.1, -0.05) is 19.3 Å². The largest absolute Gasteiger partial charge is 0.481 e. The Kier molecular flexibility index (Phi) is 5.38. The Bertz CT molecular complexity index is 466. The number of carbonyl (C=O) groups excluding carboxylic acids is 1. The van der Waals surface area contributed by atoms with E-state index in [2.05, 4.69) is 5.32 Å². The van der Waals surface area contributed by atoms with Gasteiger partial charge in [0.15, 0.2) is 9.84 Å². The van der Waals surface area contributed by atoms with Gasteiger partial charge in [0.05, 0.1) is 5.41 Å². The van der Waals surface area contributed by atoms with Crippen LogP contribution in [0.3, 0.4) is 0 Å². The number of sulfone groups is 1. The van der Waals surface area contributed by atoms with Crippen molar-refractivity contribution < 1.29 is 27.9 Å². The van der Waals surface area contributed by atoms with E-state index >= 15 is 0 Å². The van der Waals surface area contributed by atoms with Gasteiger partial charge in [-0.25, -0.2) is 13.2 Å². The number of amides is 1. The van der Waals surface area contributed by atoms with Gasteiger partial charge in [-0.3, -0.25) is 4.79 Å². The number of rotatable bonds is 5. The smallest absolute Gasteiger partial charge is 0.408 e. The lowest BCUT2D eigenvalue weighted by Gasteiger charge is -2.33. The fourth-order valence-corrected chi connectivity index (χ4v) is 2.48. The first-order valence-electron chi connectivity index (χ1n) is 6.54. The standard InChI is InChI=1S/C12H21NO6S/c1-9(20(2,17)18)19-11(16)13-8-12(10(14)15)6-4-3-5-7-12/h9H,3-8H2,1-2H3,(H,13,16)(H,14,15). The molecular formula is C12H21NO6S. The lowest BCUT2D eigenvalue weighted by atomic mass is 9.74. The molecule has 1 saturated carbocycles. The fraction of sp³-hybridized carbons (Fsp3) is 0.833. The first kappa shape index (κ1) is 16.7. The molecule has 0 heterocycles. The van der Waals surface area contributed by atoms with Gasteiger partial charge in [-0.05, 0) is 19.8 Å². The molecule has 2 N–H and O–H groups in total. The molecule has 0 aromatic rings. The van der Waals surface area contributed by atoms with E-state index in [4.69, 9.17) is 4.74 Å². The molecule has 7 nitrogen and oxygen atoms in total. The first-order chi connectivity index (χ1) is 9.17. The molecule has 20 heavy (non-hydrogen) atoms. The molecule has 1 unspecified atom stereocenters. The van der Waals surface area contributed by atoms with Crippen LogP contribution in [0, 0.1) is 5.41 Å². The molecule has 116 valence electrons. The predicted molar refractivity (Wildman–Crippen MR) is 71.9 cm³/mol. The van der Waals surface area contributed by atoms with Crippen molar-refractivity contribution in [1.82, 2.24) is 5.32 Å². The zero-order chi connectivity index (χ0) is 15.4. The van der Waals surface area contributed by atoms with Crippen LogP contribution in [0.2, 0.25) is 0 Å². The van der Waals surface area contributed by atoms with Crippen LogP contribution < -0.4 is 5.32 Å². The summed E-state index contributed by atoms with van der Waals surface area (Å²) in [6.07, 6.45) is 3.67. The van der Waals surface area contributed by atoms with E-state index in [-0.39, 0.29) is 6.54 Å². The zero-order valence-corrected chi connectivity index (χ0v) is 12.5. The summed E-state index contributed by atoms with van der Waals surface area (Å²) in [5.74, 6) is -0.936. The quantitative estimate of drug-likeness (QED) is 0.788. The maximum atomic E-state index is 11.5. The van der Waals surface area contributed by atoms with Gasteiger partial charge in [0, 0.05) is 12.8 Å². The van der Waals surface area contributed by atoms with Crippen LogP contribution in [0.25, 0.3) is 0 Å². The lowest BCUT2D eigenvalue weighted by Crippen LogP contribution is -2.45. The van der Waals surface area contributed by atoms with Crippen LogP contribution in [0.15, 0.2) is 0 Å². The third kappa shape index (κ3) is 4.36. The summed E-state index contributed by atoms with van der Waals surface area (Å²) >= 11 is 0. The molecule has 8 heteroatoms. The van der Waals surface area contributed by atoms with Crippen molar-refractivity contribution in [2.45, 2.75) is 44.5 Å². The molecule has 1 aliphatic rings. The number of nitrogens with one attached hydrogen (secondary N) is 1. The summed E-state index contributed by atoms with van der Waals surface area (Å²) in [7, 11) is -3.47. The minimum absolute atomic E-state index is 0.0440. The van der Waals surface area contributed by atoms with Crippen LogP contribution in [0.1, 0.15) is 39.0 Å². The molecule has 0 aromatic carbocycles. The third-order valence-corrected chi connectivity index (χ3v) is 5.01. The van der Waals surface area contributed by atoms with Gasteiger partial charge in [0.2, 0.25) is 5.44 Å². The SMILES string of the molecule is CC(OC(=O)NCC1(C(=O)O)CCCCC1)S(C)(=O)=O. The second-order valence-electron chi connectivity index (χ2n) is 5.30. The second kappa shape index (κ2) is 6.43. The van der Waals surface area contributed by atoms with Crippen LogP contribution in [0.4, 0.5) is 4.79 Å². The van der Waals surface area contributed by atoms with Crippen molar-refractivity contribution in [1.29, 1.82) is 0 Å². The Morgan fingerprint density at radius 3 is 2.30 bits per heavy atom. The summed E-state index contributed by atoms with van der Waals surface area (Å²) in [4.78, 5) is 22.9. The van der Waals surface area contributed by atoms with Crippen molar-refractivity contribution in [2.75, 3.05) is 12.8 Å². The maximum Gasteiger partial charge on any atom is 0.408 e. The minimum Gasteiger partial charge on any atom is -0.481 e. The van der Waals surface area contributed by atoms with Gasteiger partial charge in [-0.15, -0.1) is 0 Å². The Hall–Kier alpha value is -1.31.